The topological polar surface area (TPSA) is 29.9 Å². The van der Waals surface area contributed by atoms with Gasteiger partial charge in [-0.2, -0.15) is 13.2 Å². The van der Waals surface area contributed by atoms with Crippen LogP contribution in [0.25, 0.3) is 11.4 Å². The van der Waals surface area contributed by atoms with E-state index in [1.54, 1.807) is 16.7 Å². The normalized spacial score (nSPS) is 11.4. The van der Waals surface area contributed by atoms with Crippen molar-refractivity contribution in [3.05, 3.63) is 77.6 Å². The third-order valence-electron chi connectivity index (χ3n) is 4.34. The molecule has 0 saturated heterocycles. The van der Waals surface area contributed by atoms with Gasteiger partial charge < -0.3 is 9.88 Å². The molecule has 0 aliphatic heterocycles. The van der Waals surface area contributed by atoms with Crippen molar-refractivity contribution in [3.8, 4) is 23.2 Å². The summed E-state index contributed by atoms with van der Waals surface area (Å²) in [5, 5.41) is 3.24. The lowest BCUT2D eigenvalue weighted by Gasteiger charge is -2.11. The van der Waals surface area contributed by atoms with Crippen LogP contribution in [-0.4, -0.2) is 16.1 Å². The Morgan fingerprint density at radius 2 is 1.72 bits per heavy atom. The number of nitrogens with one attached hydrogen (secondary N) is 1. The van der Waals surface area contributed by atoms with Crippen molar-refractivity contribution in [1.29, 1.82) is 0 Å². The molecule has 6 heteroatoms. The van der Waals surface area contributed by atoms with Crippen LogP contribution in [0, 0.1) is 11.8 Å². The molecule has 0 unspecified atom stereocenters. The van der Waals surface area contributed by atoms with Crippen molar-refractivity contribution in [1.82, 2.24) is 14.9 Å². The zero-order chi connectivity index (χ0) is 20.9. The molecule has 150 valence electrons. The summed E-state index contributed by atoms with van der Waals surface area (Å²) in [5.41, 5.74) is 1.78. The fourth-order valence-corrected chi connectivity index (χ4v) is 2.85. The SMILES string of the molecule is CC(C)n1cc(C(F)(F)F)nc1-c1ccc(CNCC#Cc2ccccc2)cc1. The molecule has 3 nitrogen and oxygen atoms in total. The van der Waals surface area contributed by atoms with Gasteiger partial charge in [-0.1, -0.05) is 54.3 Å². The third kappa shape index (κ3) is 5.49. The second kappa shape index (κ2) is 8.97. The molecular formula is C23H22F3N3. The van der Waals surface area contributed by atoms with Gasteiger partial charge in [0.15, 0.2) is 5.69 Å². The monoisotopic (exact) mass is 397 g/mol. The second-order valence-electron chi connectivity index (χ2n) is 6.92. The third-order valence-corrected chi connectivity index (χ3v) is 4.34. The van der Waals surface area contributed by atoms with E-state index in [1.807, 2.05) is 56.3 Å². The van der Waals surface area contributed by atoms with Gasteiger partial charge in [0, 0.05) is 29.9 Å². The number of hydrogen-bond donors (Lipinski definition) is 1. The van der Waals surface area contributed by atoms with Gasteiger partial charge in [0.25, 0.3) is 0 Å². The van der Waals surface area contributed by atoms with Gasteiger partial charge in [0.05, 0.1) is 6.54 Å². The molecule has 0 saturated carbocycles. The van der Waals surface area contributed by atoms with E-state index >= 15 is 0 Å². The number of rotatable bonds is 5. The Morgan fingerprint density at radius 3 is 2.34 bits per heavy atom. The summed E-state index contributed by atoms with van der Waals surface area (Å²) >= 11 is 0. The van der Waals surface area contributed by atoms with Crippen molar-refractivity contribution < 1.29 is 13.2 Å². The van der Waals surface area contributed by atoms with Crippen molar-refractivity contribution in [2.45, 2.75) is 32.6 Å². The highest BCUT2D eigenvalue weighted by Crippen LogP contribution is 2.32. The van der Waals surface area contributed by atoms with Crippen LogP contribution in [0.15, 0.2) is 60.8 Å². The van der Waals surface area contributed by atoms with Crippen LogP contribution in [0.3, 0.4) is 0 Å². The van der Waals surface area contributed by atoms with Crippen LogP contribution in [-0.2, 0) is 12.7 Å². The van der Waals surface area contributed by atoms with Gasteiger partial charge in [-0.15, -0.1) is 0 Å². The minimum atomic E-state index is -4.46. The highest BCUT2D eigenvalue weighted by Gasteiger charge is 2.35. The average molecular weight is 397 g/mol. The van der Waals surface area contributed by atoms with E-state index in [0.29, 0.717) is 24.5 Å². The maximum Gasteiger partial charge on any atom is 0.434 e. The van der Waals surface area contributed by atoms with Crippen molar-refractivity contribution in [3.63, 3.8) is 0 Å². The summed E-state index contributed by atoms with van der Waals surface area (Å²) in [6, 6.07) is 17.0. The molecule has 0 aliphatic rings. The molecule has 1 aromatic heterocycles. The van der Waals surface area contributed by atoms with Crippen molar-refractivity contribution >= 4 is 0 Å². The predicted octanol–water partition coefficient (Wildman–Crippen LogP) is 5.29. The summed E-state index contributed by atoms with van der Waals surface area (Å²) in [5.74, 6) is 6.46. The summed E-state index contributed by atoms with van der Waals surface area (Å²) < 4.78 is 40.7. The molecule has 0 spiro atoms. The number of imidazole rings is 1. The molecule has 0 bridgehead atoms. The Bertz CT molecular complexity index is 992. The summed E-state index contributed by atoms with van der Waals surface area (Å²) in [6.07, 6.45) is -3.39. The smallest absolute Gasteiger partial charge is 0.328 e. The van der Waals surface area contributed by atoms with Gasteiger partial charge in [-0.05, 0) is 31.5 Å². The number of nitrogens with zero attached hydrogens (tertiary/aromatic N) is 2. The summed E-state index contributed by atoms with van der Waals surface area (Å²) in [7, 11) is 0. The summed E-state index contributed by atoms with van der Waals surface area (Å²) in [4.78, 5) is 3.82. The zero-order valence-electron chi connectivity index (χ0n) is 16.3. The molecule has 0 radical (unpaired) electrons. The molecule has 0 fully saturated rings. The number of benzene rings is 2. The Morgan fingerprint density at radius 1 is 1.03 bits per heavy atom. The first-order valence-corrected chi connectivity index (χ1v) is 9.34. The number of aromatic nitrogens is 2. The fourth-order valence-electron chi connectivity index (χ4n) is 2.85. The van der Waals surface area contributed by atoms with Crippen LogP contribution < -0.4 is 5.32 Å². The maximum atomic E-state index is 13.0. The van der Waals surface area contributed by atoms with Crippen molar-refractivity contribution in [2.75, 3.05) is 6.54 Å². The highest BCUT2D eigenvalue weighted by atomic mass is 19.4. The number of hydrogen-bond acceptors (Lipinski definition) is 2. The molecule has 3 aromatic rings. The fraction of sp³-hybridized carbons (Fsp3) is 0.261. The van der Waals surface area contributed by atoms with E-state index in [1.165, 1.54) is 0 Å². The molecular weight excluding hydrogens is 375 g/mol. The molecule has 3 rings (SSSR count). The molecule has 0 aliphatic carbocycles. The van der Waals surface area contributed by atoms with Crippen LogP contribution in [0.4, 0.5) is 13.2 Å². The minimum Gasteiger partial charge on any atom is -0.328 e. The van der Waals surface area contributed by atoms with Gasteiger partial charge in [0.2, 0.25) is 0 Å². The second-order valence-corrected chi connectivity index (χ2v) is 6.92. The van der Waals surface area contributed by atoms with Gasteiger partial charge in [-0.3, -0.25) is 0 Å². The van der Waals surface area contributed by atoms with E-state index in [9.17, 15) is 13.2 Å². The molecule has 29 heavy (non-hydrogen) atoms. The Hall–Kier alpha value is -3.04. The van der Waals surface area contributed by atoms with Crippen LogP contribution in [0.2, 0.25) is 0 Å². The summed E-state index contributed by atoms with van der Waals surface area (Å²) in [6.45, 7) is 4.83. The molecule has 0 atom stereocenters. The quantitative estimate of drug-likeness (QED) is 0.468. The lowest BCUT2D eigenvalue weighted by atomic mass is 10.1. The predicted molar refractivity (Wildman–Crippen MR) is 108 cm³/mol. The first-order valence-electron chi connectivity index (χ1n) is 9.34. The van der Waals surface area contributed by atoms with Gasteiger partial charge in [-0.25, -0.2) is 4.98 Å². The minimum absolute atomic E-state index is 0.127. The number of alkyl halides is 3. The Labute approximate surface area is 168 Å². The van der Waals surface area contributed by atoms with E-state index in [0.717, 1.165) is 17.3 Å². The highest BCUT2D eigenvalue weighted by molar-refractivity contribution is 5.57. The zero-order valence-corrected chi connectivity index (χ0v) is 16.3. The molecule has 2 aromatic carbocycles. The largest absolute Gasteiger partial charge is 0.434 e. The van der Waals surface area contributed by atoms with Crippen molar-refractivity contribution in [2.24, 2.45) is 0 Å². The Kier molecular flexibility index (Phi) is 6.40. The molecule has 0 amide bonds. The van der Waals surface area contributed by atoms with Gasteiger partial charge in [0.1, 0.15) is 5.82 Å². The lowest BCUT2D eigenvalue weighted by Crippen LogP contribution is -2.13. The molecule has 1 heterocycles. The van der Waals surface area contributed by atoms with E-state index in [2.05, 4.69) is 22.1 Å². The first-order chi connectivity index (χ1) is 13.8. The number of halogens is 3. The van der Waals surface area contributed by atoms with Crippen LogP contribution in [0.5, 0.6) is 0 Å². The molecule has 1 N–H and O–H groups in total. The Balaban J connectivity index is 1.65. The first kappa shape index (κ1) is 20.7. The van der Waals surface area contributed by atoms with Crippen LogP contribution in [0.1, 0.15) is 36.7 Å². The van der Waals surface area contributed by atoms with Gasteiger partial charge >= 0.3 is 6.18 Å². The van der Waals surface area contributed by atoms with E-state index in [-0.39, 0.29) is 6.04 Å². The van der Waals surface area contributed by atoms with Crippen LogP contribution >= 0.6 is 0 Å². The maximum absolute atomic E-state index is 13.0. The average Bonchev–Trinajstić information content (AvgIpc) is 3.15. The standard InChI is InChI=1S/C23H22F3N3/c1-17(2)29-16-21(23(24,25)26)28-22(29)20-12-10-19(11-13-20)15-27-14-6-9-18-7-4-3-5-8-18/h3-5,7-8,10-13,16-17,27H,14-15H2,1-2H3. The lowest BCUT2D eigenvalue weighted by molar-refractivity contribution is -0.140. The van der Waals surface area contributed by atoms with E-state index in [4.69, 9.17) is 0 Å². The van der Waals surface area contributed by atoms with E-state index < -0.39 is 11.9 Å².